The van der Waals surface area contributed by atoms with Crippen LogP contribution < -0.4 is 0 Å². The van der Waals surface area contributed by atoms with Crippen LogP contribution in [0.5, 0.6) is 0 Å². The summed E-state index contributed by atoms with van der Waals surface area (Å²) in [7, 11) is 1.65. The molecule has 5 heteroatoms. The van der Waals surface area contributed by atoms with E-state index in [1.54, 1.807) is 19.2 Å². The number of nitrogens with zero attached hydrogens (tertiary/aromatic N) is 2. The van der Waals surface area contributed by atoms with Crippen molar-refractivity contribution in [3.05, 3.63) is 64.5 Å². The van der Waals surface area contributed by atoms with Crippen LogP contribution in [0.4, 0.5) is 4.39 Å². The van der Waals surface area contributed by atoms with Crippen molar-refractivity contribution in [1.82, 2.24) is 9.55 Å². The molecular formula is C21H22BrFN2O. The minimum atomic E-state index is -0.261. The third-order valence-corrected chi connectivity index (χ3v) is 4.71. The first-order chi connectivity index (χ1) is 12.5. The SMILES string of the molecule is COCn1c(-c2ccc(CC(C)C)cc2)nc(Br)c1-c1ccc(F)cc1. The summed E-state index contributed by atoms with van der Waals surface area (Å²) < 4.78 is 21.4. The Labute approximate surface area is 162 Å². The van der Waals surface area contributed by atoms with Crippen molar-refractivity contribution in [2.45, 2.75) is 27.0 Å². The summed E-state index contributed by atoms with van der Waals surface area (Å²) in [5.41, 5.74) is 4.08. The van der Waals surface area contributed by atoms with Crippen LogP contribution in [0.3, 0.4) is 0 Å². The van der Waals surface area contributed by atoms with Crippen LogP contribution in [0.1, 0.15) is 19.4 Å². The second kappa shape index (κ2) is 8.14. The smallest absolute Gasteiger partial charge is 0.143 e. The van der Waals surface area contributed by atoms with Crippen molar-refractivity contribution in [3.63, 3.8) is 0 Å². The average Bonchev–Trinajstić information content (AvgIpc) is 2.93. The second-order valence-corrected chi connectivity index (χ2v) is 7.47. The number of benzene rings is 2. The zero-order chi connectivity index (χ0) is 18.7. The fourth-order valence-electron chi connectivity index (χ4n) is 3.04. The van der Waals surface area contributed by atoms with Crippen LogP contribution in [0, 0.1) is 11.7 Å². The highest BCUT2D eigenvalue weighted by Crippen LogP contribution is 2.33. The number of hydrogen-bond donors (Lipinski definition) is 0. The summed E-state index contributed by atoms with van der Waals surface area (Å²) in [5, 5.41) is 0. The van der Waals surface area contributed by atoms with Gasteiger partial charge in [-0.1, -0.05) is 38.1 Å². The summed E-state index contributed by atoms with van der Waals surface area (Å²) in [6, 6.07) is 14.9. The topological polar surface area (TPSA) is 27.1 Å². The van der Waals surface area contributed by atoms with E-state index in [9.17, 15) is 4.39 Å². The lowest BCUT2D eigenvalue weighted by molar-refractivity contribution is 0.133. The van der Waals surface area contributed by atoms with E-state index in [2.05, 4.69) is 54.0 Å². The Morgan fingerprint density at radius 1 is 1.04 bits per heavy atom. The number of rotatable bonds is 6. The van der Waals surface area contributed by atoms with Gasteiger partial charge >= 0.3 is 0 Å². The van der Waals surface area contributed by atoms with E-state index in [0.29, 0.717) is 17.3 Å². The zero-order valence-corrected chi connectivity index (χ0v) is 16.8. The first kappa shape index (κ1) is 18.8. The minimum Gasteiger partial charge on any atom is -0.364 e. The molecule has 0 N–H and O–H groups in total. The molecule has 0 spiro atoms. The van der Waals surface area contributed by atoms with Crippen molar-refractivity contribution in [3.8, 4) is 22.6 Å². The molecule has 0 fully saturated rings. The van der Waals surface area contributed by atoms with Crippen LogP contribution in [-0.4, -0.2) is 16.7 Å². The van der Waals surface area contributed by atoms with E-state index < -0.39 is 0 Å². The molecule has 2 aromatic carbocycles. The van der Waals surface area contributed by atoms with Crippen molar-refractivity contribution in [2.24, 2.45) is 5.92 Å². The van der Waals surface area contributed by atoms with E-state index >= 15 is 0 Å². The standard InChI is InChI=1S/C21H22BrFN2O/c1-14(2)12-15-4-6-17(7-5-15)21-24-20(22)19(25(21)13-26-3)16-8-10-18(23)11-9-16/h4-11,14H,12-13H2,1-3H3. The monoisotopic (exact) mass is 416 g/mol. The van der Waals surface area contributed by atoms with Crippen molar-refractivity contribution >= 4 is 15.9 Å². The van der Waals surface area contributed by atoms with Gasteiger partial charge in [-0.2, -0.15) is 0 Å². The lowest BCUT2D eigenvalue weighted by Crippen LogP contribution is -2.04. The van der Waals surface area contributed by atoms with Crippen LogP contribution in [0.2, 0.25) is 0 Å². The van der Waals surface area contributed by atoms with Gasteiger partial charge in [0.1, 0.15) is 23.0 Å². The number of halogens is 2. The predicted octanol–water partition coefficient (Wildman–Crippen LogP) is 5.92. The fourth-order valence-corrected chi connectivity index (χ4v) is 3.65. The first-order valence-corrected chi connectivity index (χ1v) is 9.39. The maximum Gasteiger partial charge on any atom is 0.143 e. The number of hydrogen-bond acceptors (Lipinski definition) is 2. The summed E-state index contributed by atoms with van der Waals surface area (Å²) in [6.07, 6.45) is 1.05. The number of methoxy groups -OCH3 is 1. The number of imidazole rings is 1. The maximum atomic E-state index is 13.3. The van der Waals surface area contributed by atoms with E-state index in [1.165, 1.54) is 17.7 Å². The highest BCUT2D eigenvalue weighted by Gasteiger charge is 2.18. The third kappa shape index (κ3) is 4.05. The Morgan fingerprint density at radius 3 is 2.23 bits per heavy atom. The molecule has 0 bridgehead atoms. The number of aromatic nitrogens is 2. The highest BCUT2D eigenvalue weighted by atomic mass is 79.9. The Hall–Kier alpha value is -1.98. The molecule has 0 aliphatic rings. The molecule has 0 radical (unpaired) electrons. The minimum absolute atomic E-state index is 0.261. The predicted molar refractivity (Wildman–Crippen MR) is 106 cm³/mol. The normalized spacial score (nSPS) is 11.3. The molecule has 0 atom stereocenters. The summed E-state index contributed by atoms with van der Waals surface area (Å²) in [6.45, 7) is 4.78. The van der Waals surface area contributed by atoms with E-state index in [4.69, 9.17) is 9.72 Å². The largest absolute Gasteiger partial charge is 0.364 e. The van der Waals surface area contributed by atoms with E-state index in [0.717, 1.165) is 29.1 Å². The van der Waals surface area contributed by atoms with Crippen LogP contribution in [0.25, 0.3) is 22.6 Å². The Kier molecular flexibility index (Phi) is 5.89. The van der Waals surface area contributed by atoms with Gasteiger partial charge in [0.2, 0.25) is 0 Å². The fraction of sp³-hybridized carbons (Fsp3) is 0.286. The first-order valence-electron chi connectivity index (χ1n) is 8.59. The Balaban J connectivity index is 2.05. The maximum absolute atomic E-state index is 13.3. The quantitative estimate of drug-likeness (QED) is 0.498. The molecule has 0 aliphatic carbocycles. The van der Waals surface area contributed by atoms with Gasteiger partial charge in [-0.05, 0) is 58.1 Å². The summed E-state index contributed by atoms with van der Waals surface area (Å²) in [5.74, 6) is 1.17. The second-order valence-electron chi connectivity index (χ2n) is 6.72. The molecule has 1 heterocycles. The van der Waals surface area contributed by atoms with Crippen LogP contribution in [-0.2, 0) is 17.9 Å². The molecular weight excluding hydrogens is 395 g/mol. The lowest BCUT2D eigenvalue weighted by atomic mass is 10.0. The molecule has 0 saturated heterocycles. The Bertz CT molecular complexity index is 870. The summed E-state index contributed by atoms with van der Waals surface area (Å²) in [4.78, 5) is 4.69. The van der Waals surface area contributed by atoms with Crippen molar-refractivity contribution in [2.75, 3.05) is 7.11 Å². The Morgan fingerprint density at radius 2 is 1.65 bits per heavy atom. The van der Waals surface area contributed by atoms with Gasteiger partial charge in [-0.3, -0.25) is 4.57 Å². The summed E-state index contributed by atoms with van der Waals surface area (Å²) >= 11 is 3.56. The van der Waals surface area contributed by atoms with Gasteiger partial charge in [0, 0.05) is 18.2 Å². The van der Waals surface area contributed by atoms with Crippen LogP contribution in [0.15, 0.2) is 53.1 Å². The molecule has 26 heavy (non-hydrogen) atoms. The van der Waals surface area contributed by atoms with Gasteiger partial charge in [0.05, 0.1) is 5.69 Å². The molecule has 0 saturated carbocycles. The third-order valence-electron chi connectivity index (χ3n) is 4.16. The highest BCUT2D eigenvalue weighted by molar-refractivity contribution is 9.10. The van der Waals surface area contributed by atoms with Crippen molar-refractivity contribution < 1.29 is 9.13 Å². The van der Waals surface area contributed by atoms with Gasteiger partial charge < -0.3 is 4.74 Å². The molecule has 136 valence electrons. The van der Waals surface area contributed by atoms with Gasteiger partial charge in [0.15, 0.2) is 0 Å². The molecule has 0 aliphatic heterocycles. The van der Waals surface area contributed by atoms with Gasteiger partial charge in [-0.15, -0.1) is 0 Å². The van der Waals surface area contributed by atoms with Crippen LogP contribution >= 0.6 is 15.9 Å². The molecule has 3 rings (SSSR count). The van der Waals surface area contributed by atoms with Gasteiger partial charge in [-0.25, -0.2) is 9.37 Å². The molecule has 3 nitrogen and oxygen atoms in total. The van der Waals surface area contributed by atoms with E-state index in [-0.39, 0.29) is 5.82 Å². The lowest BCUT2D eigenvalue weighted by Gasteiger charge is -2.12. The average molecular weight is 417 g/mol. The molecule has 1 aromatic heterocycles. The molecule has 0 amide bonds. The number of ether oxygens (including phenoxy) is 1. The molecule has 3 aromatic rings. The van der Waals surface area contributed by atoms with Crippen molar-refractivity contribution in [1.29, 1.82) is 0 Å². The zero-order valence-electron chi connectivity index (χ0n) is 15.2. The molecule has 0 unspecified atom stereocenters. The van der Waals surface area contributed by atoms with E-state index in [1.807, 2.05) is 4.57 Å². The van der Waals surface area contributed by atoms with Gasteiger partial charge in [0.25, 0.3) is 0 Å².